The van der Waals surface area contributed by atoms with Crippen molar-refractivity contribution in [2.24, 2.45) is 0 Å². The van der Waals surface area contributed by atoms with Gasteiger partial charge in [-0.2, -0.15) is 0 Å². The standard InChI is InChI=1S/C24H23N3O5S/c1-33(29,30)20-5-6-21-17(15-20)8-13-27(21)23-7-4-19(16-25-23)32-18-9-11-26(12-10-18)24(28)22-3-2-14-31-22/h2-8,13-16,18H,9-12H2,1H3. The first kappa shape index (κ1) is 21.3. The zero-order chi connectivity index (χ0) is 23.0. The highest BCUT2D eigenvalue weighted by Gasteiger charge is 2.26. The second-order valence-corrected chi connectivity index (χ2v) is 10.1. The fourth-order valence-corrected chi connectivity index (χ4v) is 4.72. The third kappa shape index (κ3) is 4.36. The van der Waals surface area contributed by atoms with E-state index in [2.05, 4.69) is 4.98 Å². The normalized spacial score (nSPS) is 15.1. The number of carbonyl (C=O) groups excluding carboxylic acids is 1. The SMILES string of the molecule is CS(=O)(=O)c1ccc2c(ccn2-c2ccc(OC3CCN(C(=O)c4ccco4)CC3)cn2)c1. The number of likely N-dealkylation sites (tertiary alicyclic amines) is 1. The molecule has 1 amide bonds. The maximum Gasteiger partial charge on any atom is 0.289 e. The summed E-state index contributed by atoms with van der Waals surface area (Å²) in [4.78, 5) is 19.0. The van der Waals surface area contributed by atoms with Crippen LogP contribution in [0.5, 0.6) is 5.75 Å². The van der Waals surface area contributed by atoms with Gasteiger partial charge in [0, 0.05) is 43.8 Å². The van der Waals surface area contributed by atoms with Crippen molar-refractivity contribution in [2.45, 2.75) is 23.8 Å². The minimum absolute atomic E-state index is 0.0140. The molecule has 0 atom stereocenters. The molecule has 1 aliphatic rings. The molecule has 0 aliphatic carbocycles. The van der Waals surface area contributed by atoms with Gasteiger partial charge in [-0.05, 0) is 48.5 Å². The lowest BCUT2D eigenvalue weighted by Crippen LogP contribution is -2.41. The van der Waals surface area contributed by atoms with E-state index in [4.69, 9.17) is 9.15 Å². The fraction of sp³-hybridized carbons (Fsp3) is 0.250. The molecule has 4 heterocycles. The van der Waals surface area contributed by atoms with Crippen LogP contribution >= 0.6 is 0 Å². The monoisotopic (exact) mass is 465 g/mol. The van der Waals surface area contributed by atoms with Crippen LogP contribution in [-0.4, -0.2) is 54.2 Å². The number of aromatic nitrogens is 2. The van der Waals surface area contributed by atoms with Crippen molar-refractivity contribution < 1.29 is 22.4 Å². The van der Waals surface area contributed by atoms with Gasteiger partial charge in [-0.25, -0.2) is 13.4 Å². The highest BCUT2D eigenvalue weighted by atomic mass is 32.2. The van der Waals surface area contributed by atoms with Gasteiger partial charge in [0.2, 0.25) is 0 Å². The Kier molecular flexibility index (Phi) is 5.41. The predicted molar refractivity (Wildman–Crippen MR) is 122 cm³/mol. The van der Waals surface area contributed by atoms with E-state index in [0.717, 1.165) is 23.7 Å². The second kappa shape index (κ2) is 8.40. The number of fused-ring (bicyclic) bond motifs is 1. The summed E-state index contributed by atoms with van der Waals surface area (Å²) in [6, 6.07) is 14.1. The summed E-state index contributed by atoms with van der Waals surface area (Å²) in [5, 5.41) is 0.830. The summed E-state index contributed by atoms with van der Waals surface area (Å²) >= 11 is 0. The van der Waals surface area contributed by atoms with E-state index in [9.17, 15) is 13.2 Å². The number of carbonyl (C=O) groups is 1. The van der Waals surface area contributed by atoms with Crippen molar-refractivity contribution in [3.63, 3.8) is 0 Å². The summed E-state index contributed by atoms with van der Waals surface area (Å²) < 4.78 is 36.8. The highest BCUT2D eigenvalue weighted by molar-refractivity contribution is 7.90. The Morgan fingerprint density at radius 3 is 2.61 bits per heavy atom. The van der Waals surface area contributed by atoms with Crippen molar-refractivity contribution in [1.29, 1.82) is 0 Å². The largest absolute Gasteiger partial charge is 0.489 e. The molecule has 1 saturated heterocycles. The minimum atomic E-state index is -3.26. The number of hydrogen-bond acceptors (Lipinski definition) is 6. The maximum absolute atomic E-state index is 12.4. The van der Waals surface area contributed by atoms with E-state index in [1.54, 1.807) is 41.4 Å². The van der Waals surface area contributed by atoms with Crippen LogP contribution in [-0.2, 0) is 9.84 Å². The van der Waals surface area contributed by atoms with Gasteiger partial charge in [0.25, 0.3) is 5.91 Å². The van der Waals surface area contributed by atoms with Crippen LogP contribution in [0.15, 0.2) is 76.5 Å². The van der Waals surface area contributed by atoms with Crippen molar-refractivity contribution in [3.05, 3.63) is 72.9 Å². The number of ether oxygens (including phenoxy) is 1. The molecule has 4 aromatic rings. The molecular formula is C24H23N3O5S. The Morgan fingerprint density at radius 2 is 1.94 bits per heavy atom. The number of amides is 1. The molecule has 0 spiro atoms. The van der Waals surface area contributed by atoms with Crippen molar-refractivity contribution >= 4 is 26.6 Å². The molecule has 170 valence electrons. The lowest BCUT2D eigenvalue weighted by atomic mass is 10.1. The lowest BCUT2D eigenvalue weighted by molar-refractivity contribution is 0.0566. The van der Waals surface area contributed by atoms with Gasteiger partial charge in [-0.15, -0.1) is 0 Å². The van der Waals surface area contributed by atoms with Gasteiger partial charge in [0.1, 0.15) is 17.7 Å². The van der Waals surface area contributed by atoms with Gasteiger partial charge in [0.05, 0.1) is 22.9 Å². The van der Waals surface area contributed by atoms with Crippen molar-refractivity contribution in [1.82, 2.24) is 14.5 Å². The number of sulfone groups is 1. The molecule has 33 heavy (non-hydrogen) atoms. The third-order valence-corrected chi connectivity index (χ3v) is 6.93. The number of rotatable bonds is 5. The summed E-state index contributed by atoms with van der Waals surface area (Å²) in [7, 11) is -3.26. The number of pyridine rings is 1. The van der Waals surface area contributed by atoms with E-state index >= 15 is 0 Å². The Morgan fingerprint density at radius 1 is 1.12 bits per heavy atom. The first-order chi connectivity index (χ1) is 15.9. The van der Waals surface area contributed by atoms with Crippen LogP contribution in [0.1, 0.15) is 23.4 Å². The first-order valence-electron chi connectivity index (χ1n) is 10.7. The molecule has 9 heteroatoms. The number of furan rings is 1. The lowest BCUT2D eigenvalue weighted by Gasteiger charge is -2.31. The Bertz CT molecular complexity index is 1380. The molecule has 1 aliphatic heterocycles. The highest BCUT2D eigenvalue weighted by Crippen LogP contribution is 2.25. The van der Waals surface area contributed by atoms with E-state index in [0.29, 0.717) is 35.3 Å². The molecule has 0 N–H and O–H groups in total. The van der Waals surface area contributed by atoms with Gasteiger partial charge >= 0.3 is 0 Å². The second-order valence-electron chi connectivity index (χ2n) is 8.12. The third-order valence-electron chi connectivity index (χ3n) is 5.82. The Hall–Kier alpha value is -3.59. The van der Waals surface area contributed by atoms with Crippen LogP contribution in [0.3, 0.4) is 0 Å². The zero-order valence-electron chi connectivity index (χ0n) is 18.0. The van der Waals surface area contributed by atoms with Gasteiger partial charge < -0.3 is 18.6 Å². The Balaban J connectivity index is 1.24. The van der Waals surface area contributed by atoms with Gasteiger partial charge in [0.15, 0.2) is 15.6 Å². The number of hydrogen-bond donors (Lipinski definition) is 0. The molecule has 0 saturated carbocycles. The summed E-state index contributed by atoms with van der Waals surface area (Å²) in [5.74, 6) is 1.65. The average Bonchev–Trinajstić information content (AvgIpc) is 3.49. The molecule has 0 bridgehead atoms. The van der Waals surface area contributed by atoms with Crippen LogP contribution in [0.4, 0.5) is 0 Å². The molecular weight excluding hydrogens is 442 g/mol. The smallest absolute Gasteiger partial charge is 0.289 e. The van der Waals surface area contributed by atoms with E-state index in [1.165, 1.54) is 12.5 Å². The topological polar surface area (TPSA) is 94.6 Å². The fourth-order valence-electron chi connectivity index (χ4n) is 4.06. The molecule has 8 nitrogen and oxygen atoms in total. The van der Waals surface area contributed by atoms with Gasteiger partial charge in [-0.1, -0.05) is 0 Å². The van der Waals surface area contributed by atoms with E-state index in [-0.39, 0.29) is 12.0 Å². The van der Waals surface area contributed by atoms with E-state index in [1.807, 2.05) is 29.0 Å². The number of benzene rings is 1. The minimum Gasteiger partial charge on any atom is -0.489 e. The quantitative estimate of drug-likeness (QED) is 0.446. The molecule has 0 radical (unpaired) electrons. The van der Waals surface area contributed by atoms with Crippen molar-refractivity contribution in [2.75, 3.05) is 19.3 Å². The summed E-state index contributed by atoms with van der Waals surface area (Å²) in [6.45, 7) is 1.22. The maximum atomic E-state index is 12.4. The van der Waals surface area contributed by atoms with Crippen LogP contribution < -0.4 is 4.74 Å². The number of nitrogens with zero attached hydrogens (tertiary/aromatic N) is 3. The van der Waals surface area contributed by atoms with Crippen LogP contribution in [0.25, 0.3) is 16.7 Å². The zero-order valence-corrected chi connectivity index (χ0v) is 18.9. The predicted octanol–water partition coefficient (Wildman–Crippen LogP) is 3.71. The van der Waals surface area contributed by atoms with Gasteiger partial charge in [-0.3, -0.25) is 4.79 Å². The molecule has 1 aromatic carbocycles. The average molecular weight is 466 g/mol. The molecule has 0 unspecified atom stereocenters. The first-order valence-corrected chi connectivity index (χ1v) is 12.5. The molecule has 1 fully saturated rings. The summed E-state index contributed by atoms with van der Waals surface area (Å²) in [6.07, 6.45) is 7.74. The molecule has 3 aromatic heterocycles. The number of piperidine rings is 1. The van der Waals surface area contributed by atoms with Crippen molar-refractivity contribution in [3.8, 4) is 11.6 Å². The van der Waals surface area contributed by atoms with E-state index < -0.39 is 9.84 Å². The molecule has 5 rings (SSSR count). The van der Waals surface area contributed by atoms with Crippen LogP contribution in [0.2, 0.25) is 0 Å². The summed E-state index contributed by atoms with van der Waals surface area (Å²) in [5.41, 5.74) is 0.872. The van der Waals surface area contributed by atoms with Crippen LogP contribution in [0, 0.1) is 0 Å². The Labute approximate surface area is 191 Å².